The summed E-state index contributed by atoms with van der Waals surface area (Å²) in [5.41, 5.74) is 0. The van der Waals surface area contributed by atoms with Crippen LogP contribution in [0.25, 0.3) is 0 Å². The van der Waals surface area contributed by atoms with E-state index in [2.05, 4.69) is 28.6 Å². The predicted molar refractivity (Wildman–Crippen MR) is 125 cm³/mol. The van der Waals surface area contributed by atoms with Crippen LogP contribution in [0.2, 0.25) is 0 Å². The zero-order valence-corrected chi connectivity index (χ0v) is 19.6. The number of thiol groups is 1. The van der Waals surface area contributed by atoms with E-state index >= 15 is 0 Å². The van der Waals surface area contributed by atoms with Gasteiger partial charge in [0.1, 0.15) is 0 Å². The Bertz CT molecular complexity index is 198. The number of halogens is 1. The van der Waals surface area contributed by atoms with Crippen molar-refractivity contribution < 1.29 is 0 Å². The Balaban J connectivity index is 2.94. The van der Waals surface area contributed by atoms with Gasteiger partial charge in [-0.1, -0.05) is 138 Å². The van der Waals surface area contributed by atoms with Gasteiger partial charge in [-0.15, -0.1) is 0 Å². The second-order valence-corrected chi connectivity index (χ2v) is 9.08. The largest absolute Gasteiger partial charge is 0.179 e. The molecule has 0 N–H and O–H groups in total. The van der Waals surface area contributed by atoms with Crippen molar-refractivity contribution >= 4 is 28.6 Å². The minimum absolute atomic E-state index is 1.07. The molecule has 0 aromatic rings. The normalized spacial score (nSPS) is 11.3. The predicted octanol–water partition coefficient (Wildman–Crippen LogP) is 9.50. The molecule has 0 aliphatic heterocycles. The van der Waals surface area contributed by atoms with Gasteiger partial charge in [0, 0.05) is 5.33 Å². The van der Waals surface area contributed by atoms with Crippen molar-refractivity contribution in [2.75, 3.05) is 11.1 Å². The molecule has 152 valence electrons. The smallest absolute Gasteiger partial charge is 0.00313 e. The standard InChI is InChI=1S/C23H47BrS/c24-22-20-18-16-14-12-10-8-6-4-2-1-3-5-7-9-11-13-15-17-19-21-23-25/h25H,1-23H2. The van der Waals surface area contributed by atoms with Crippen LogP contribution in [0.1, 0.15) is 135 Å². The molecule has 0 radical (unpaired) electrons. The molecule has 0 amide bonds. The third-order valence-electron chi connectivity index (χ3n) is 5.29. The van der Waals surface area contributed by atoms with Gasteiger partial charge in [-0.2, -0.15) is 12.6 Å². The first-order valence-electron chi connectivity index (χ1n) is 11.6. The van der Waals surface area contributed by atoms with E-state index in [0.717, 1.165) is 5.75 Å². The van der Waals surface area contributed by atoms with Crippen LogP contribution in [-0.4, -0.2) is 11.1 Å². The molecule has 0 fully saturated rings. The van der Waals surface area contributed by atoms with Gasteiger partial charge in [-0.3, -0.25) is 0 Å². The molecule has 0 bridgehead atoms. The molecule has 25 heavy (non-hydrogen) atoms. The molecule has 0 saturated carbocycles. The lowest BCUT2D eigenvalue weighted by Crippen LogP contribution is -1.84. The maximum absolute atomic E-state index is 4.26. The van der Waals surface area contributed by atoms with Crippen molar-refractivity contribution in [1.29, 1.82) is 0 Å². The average Bonchev–Trinajstić information content (AvgIpc) is 2.63. The molecule has 0 aliphatic carbocycles. The number of alkyl halides is 1. The summed E-state index contributed by atoms with van der Waals surface area (Å²) in [5.74, 6) is 1.07. The SMILES string of the molecule is SCCCCCCCCCCCCCCCCCCCCCCCBr. The number of rotatable bonds is 22. The van der Waals surface area contributed by atoms with Crippen molar-refractivity contribution in [3.63, 3.8) is 0 Å². The van der Waals surface area contributed by atoms with Crippen LogP contribution in [-0.2, 0) is 0 Å². The van der Waals surface area contributed by atoms with E-state index in [4.69, 9.17) is 0 Å². The molecule has 0 spiro atoms. The van der Waals surface area contributed by atoms with Crippen LogP contribution in [0.5, 0.6) is 0 Å². The maximum atomic E-state index is 4.26. The summed E-state index contributed by atoms with van der Waals surface area (Å²) in [6.07, 6.45) is 30.5. The lowest BCUT2D eigenvalue weighted by molar-refractivity contribution is 0.521. The van der Waals surface area contributed by atoms with Crippen molar-refractivity contribution in [3.8, 4) is 0 Å². The lowest BCUT2D eigenvalue weighted by Gasteiger charge is -2.04. The molecule has 0 nitrogen and oxygen atoms in total. The van der Waals surface area contributed by atoms with E-state index in [1.807, 2.05) is 0 Å². The fourth-order valence-electron chi connectivity index (χ4n) is 3.57. The van der Waals surface area contributed by atoms with Crippen LogP contribution in [0.3, 0.4) is 0 Å². The summed E-state index contributed by atoms with van der Waals surface area (Å²) < 4.78 is 0. The molecular weight excluding hydrogens is 388 g/mol. The fraction of sp³-hybridized carbons (Fsp3) is 1.00. The van der Waals surface area contributed by atoms with Crippen LogP contribution in [0.15, 0.2) is 0 Å². The highest BCUT2D eigenvalue weighted by atomic mass is 79.9. The van der Waals surface area contributed by atoms with Crippen molar-refractivity contribution in [1.82, 2.24) is 0 Å². The van der Waals surface area contributed by atoms with Crippen LogP contribution >= 0.6 is 28.6 Å². The minimum atomic E-state index is 1.07. The highest BCUT2D eigenvalue weighted by Gasteiger charge is 1.95. The second-order valence-electron chi connectivity index (χ2n) is 7.84. The van der Waals surface area contributed by atoms with Crippen molar-refractivity contribution in [2.24, 2.45) is 0 Å². The Labute approximate surface area is 174 Å². The first-order valence-corrected chi connectivity index (χ1v) is 13.3. The van der Waals surface area contributed by atoms with E-state index in [1.165, 1.54) is 140 Å². The monoisotopic (exact) mass is 434 g/mol. The summed E-state index contributed by atoms with van der Waals surface area (Å²) in [6.45, 7) is 0. The molecular formula is C23H47BrS. The van der Waals surface area contributed by atoms with Gasteiger partial charge >= 0.3 is 0 Å². The minimum Gasteiger partial charge on any atom is -0.179 e. The van der Waals surface area contributed by atoms with Gasteiger partial charge in [-0.05, 0) is 18.6 Å². The molecule has 0 unspecified atom stereocenters. The first-order chi connectivity index (χ1) is 12.4. The molecule has 0 atom stereocenters. The van der Waals surface area contributed by atoms with Gasteiger partial charge < -0.3 is 0 Å². The first kappa shape index (κ1) is 25.8. The lowest BCUT2D eigenvalue weighted by atomic mass is 10.0. The number of hydrogen-bond acceptors (Lipinski definition) is 1. The number of unbranched alkanes of at least 4 members (excludes halogenated alkanes) is 20. The summed E-state index contributed by atoms with van der Waals surface area (Å²) in [6, 6.07) is 0. The molecule has 0 saturated heterocycles. The van der Waals surface area contributed by atoms with Crippen molar-refractivity contribution in [2.45, 2.75) is 135 Å². The molecule has 0 aliphatic rings. The zero-order chi connectivity index (χ0) is 18.3. The molecule has 0 heterocycles. The van der Waals surface area contributed by atoms with E-state index in [-0.39, 0.29) is 0 Å². The van der Waals surface area contributed by atoms with E-state index in [0.29, 0.717) is 0 Å². The maximum Gasteiger partial charge on any atom is 0.00313 e. The van der Waals surface area contributed by atoms with E-state index in [1.54, 1.807) is 0 Å². The van der Waals surface area contributed by atoms with Crippen LogP contribution in [0, 0.1) is 0 Å². The third-order valence-corrected chi connectivity index (χ3v) is 6.17. The highest BCUT2D eigenvalue weighted by molar-refractivity contribution is 9.09. The average molecular weight is 436 g/mol. The van der Waals surface area contributed by atoms with Gasteiger partial charge in [0.05, 0.1) is 0 Å². The van der Waals surface area contributed by atoms with Crippen molar-refractivity contribution in [3.05, 3.63) is 0 Å². The molecule has 0 rings (SSSR count). The summed E-state index contributed by atoms with van der Waals surface area (Å²) in [7, 11) is 0. The van der Waals surface area contributed by atoms with Gasteiger partial charge in [0.2, 0.25) is 0 Å². The van der Waals surface area contributed by atoms with Gasteiger partial charge in [0.25, 0.3) is 0 Å². The summed E-state index contributed by atoms with van der Waals surface area (Å²) >= 11 is 7.77. The Morgan fingerprint density at radius 1 is 0.320 bits per heavy atom. The van der Waals surface area contributed by atoms with Crippen LogP contribution < -0.4 is 0 Å². The molecule has 0 aromatic heterocycles. The van der Waals surface area contributed by atoms with Gasteiger partial charge in [-0.25, -0.2) is 0 Å². The summed E-state index contributed by atoms with van der Waals surface area (Å²) in [4.78, 5) is 0. The second kappa shape index (κ2) is 24.8. The summed E-state index contributed by atoms with van der Waals surface area (Å²) in [5, 5.41) is 1.18. The molecule has 0 aromatic carbocycles. The topological polar surface area (TPSA) is 0 Å². The third kappa shape index (κ3) is 24.8. The Morgan fingerprint density at radius 3 is 0.720 bits per heavy atom. The Kier molecular flexibility index (Phi) is 25.7. The highest BCUT2D eigenvalue weighted by Crippen LogP contribution is 2.15. The van der Waals surface area contributed by atoms with E-state index in [9.17, 15) is 0 Å². The quantitative estimate of drug-likeness (QED) is 0.0977. The zero-order valence-electron chi connectivity index (χ0n) is 17.1. The Morgan fingerprint density at radius 2 is 0.520 bits per heavy atom. The van der Waals surface area contributed by atoms with E-state index < -0.39 is 0 Å². The molecule has 2 heteroatoms. The van der Waals surface area contributed by atoms with Crippen LogP contribution in [0.4, 0.5) is 0 Å². The Hall–Kier alpha value is 0.830. The van der Waals surface area contributed by atoms with Gasteiger partial charge in [0.15, 0.2) is 0 Å². The fourth-order valence-corrected chi connectivity index (χ4v) is 4.19. The number of hydrogen-bond donors (Lipinski definition) is 1.